The van der Waals surface area contributed by atoms with Crippen LogP contribution in [0.2, 0.25) is 0 Å². The van der Waals surface area contributed by atoms with Gasteiger partial charge in [0.15, 0.2) is 11.6 Å². The molecule has 0 unspecified atom stereocenters. The maximum absolute atomic E-state index is 13.6. The summed E-state index contributed by atoms with van der Waals surface area (Å²) in [7, 11) is 2.18. The number of nitrogens with zero attached hydrogens (tertiary/aromatic N) is 5. The van der Waals surface area contributed by atoms with Gasteiger partial charge in [0.25, 0.3) is 0 Å². The van der Waals surface area contributed by atoms with Gasteiger partial charge in [-0.2, -0.15) is 5.26 Å². The van der Waals surface area contributed by atoms with E-state index in [9.17, 15) is 8.78 Å². The van der Waals surface area contributed by atoms with Gasteiger partial charge in [-0.05, 0) is 63.7 Å². The topological polar surface area (TPSA) is 62.2 Å². The number of likely N-dealkylation sites (N-methyl/N-ethyl adjacent to an activating group) is 1. The van der Waals surface area contributed by atoms with E-state index in [2.05, 4.69) is 38.6 Å². The number of H-pyrrole nitrogens is 1. The van der Waals surface area contributed by atoms with Crippen molar-refractivity contribution in [3.8, 4) is 6.07 Å². The van der Waals surface area contributed by atoms with E-state index in [1.54, 1.807) is 12.1 Å². The highest BCUT2D eigenvalue weighted by atomic mass is 19.2. The molecule has 1 aliphatic heterocycles. The average molecular weight is 509 g/mol. The molecular weight excluding hydrogens is 470 g/mol. The zero-order chi connectivity index (χ0) is 26.2. The number of benzene rings is 2. The van der Waals surface area contributed by atoms with Crippen molar-refractivity contribution in [1.82, 2.24) is 19.8 Å². The average Bonchev–Trinajstić information content (AvgIpc) is 3.31. The van der Waals surface area contributed by atoms with Crippen LogP contribution in [0.25, 0.3) is 11.0 Å². The SMILES string of the molecule is CC1CCC(N(CCCN2CCN(C)CC2)c2nc3cc(F)c(F)cc3[nH]2)CC1.N#Cc1ccccc1. The third-order valence-corrected chi connectivity index (χ3v) is 7.58. The number of nitrogens with one attached hydrogen (secondary N) is 1. The summed E-state index contributed by atoms with van der Waals surface area (Å²) in [6.07, 6.45) is 5.81. The van der Waals surface area contributed by atoms with Gasteiger partial charge in [0.2, 0.25) is 5.95 Å². The Kier molecular flexibility index (Phi) is 9.48. The maximum atomic E-state index is 13.6. The lowest BCUT2D eigenvalue weighted by Gasteiger charge is -2.37. The van der Waals surface area contributed by atoms with Crippen LogP contribution in [0.4, 0.5) is 14.7 Å². The lowest BCUT2D eigenvalue weighted by molar-refractivity contribution is 0.153. The van der Waals surface area contributed by atoms with Gasteiger partial charge in [-0.3, -0.25) is 0 Å². The Balaban J connectivity index is 0.000000342. The minimum atomic E-state index is -0.844. The Morgan fingerprint density at radius 2 is 1.70 bits per heavy atom. The number of hydrogen-bond donors (Lipinski definition) is 1. The van der Waals surface area contributed by atoms with Crippen LogP contribution in [0, 0.1) is 28.9 Å². The van der Waals surface area contributed by atoms with Gasteiger partial charge in [0, 0.05) is 50.9 Å². The molecule has 8 heteroatoms. The molecule has 0 bridgehead atoms. The minimum Gasteiger partial charge on any atom is -0.339 e. The van der Waals surface area contributed by atoms with Crippen LogP contribution in [0.5, 0.6) is 0 Å². The summed E-state index contributed by atoms with van der Waals surface area (Å²) in [5.41, 5.74) is 1.77. The van der Waals surface area contributed by atoms with Crippen molar-refractivity contribution in [2.75, 3.05) is 51.2 Å². The van der Waals surface area contributed by atoms with Crippen LogP contribution < -0.4 is 4.90 Å². The highest BCUT2D eigenvalue weighted by molar-refractivity contribution is 5.77. The Hall–Kier alpha value is -3.02. The van der Waals surface area contributed by atoms with Crippen LogP contribution in [0.3, 0.4) is 0 Å². The number of aromatic nitrogens is 2. The molecule has 0 atom stereocenters. The molecule has 2 aromatic carbocycles. The lowest BCUT2D eigenvalue weighted by atomic mass is 9.86. The molecule has 2 aliphatic rings. The van der Waals surface area contributed by atoms with Crippen molar-refractivity contribution in [3.63, 3.8) is 0 Å². The Morgan fingerprint density at radius 3 is 2.35 bits per heavy atom. The number of hydrogen-bond acceptors (Lipinski definition) is 5. The quantitative estimate of drug-likeness (QED) is 0.482. The van der Waals surface area contributed by atoms with Crippen LogP contribution in [0.15, 0.2) is 42.5 Å². The monoisotopic (exact) mass is 508 g/mol. The molecule has 1 N–H and O–H groups in total. The molecule has 6 nitrogen and oxygen atoms in total. The molecule has 1 aromatic heterocycles. The molecule has 2 fully saturated rings. The molecule has 3 aromatic rings. The van der Waals surface area contributed by atoms with Gasteiger partial charge >= 0.3 is 0 Å². The molecule has 0 spiro atoms. The molecule has 198 valence electrons. The number of nitriles is 1. The van der Waals surface area contributed by atoms with E-state index in [1.165, 1.54) is 25.0 Å². The van der Waals surface area contributed by atoms with Crippen LogP contribution >= 0.6 is 0 Å². The van der Waals surface area contributed by atoms with Crippen LogP contribution in [-0.2, 0) is 0 Å². The summed E-state index contributed by atoms with van der Waals surface area (Å²) >= 11 is 0. The second-order valence-electron chi connectivity index (χ2n) is 10.4. The van der Waals surface area contributed by atoms with E-state index < -0.39 is 11.6 Å². The van der Waals surface area contributed by atoms with Gasteiger partial charge in [0.1, 0.15) is 0 Å². The van der Waals surface area contributed by atoms with E-state index >= 15 is 0 Å². The molecular formula is C29H38F2N6. The first-order valence-electron chi connectivity index (χ1n) is 13.4. The predicted molar refractivity (Wildman–Crippen MR) is 144 cm³/mol. The van der Waals surface area contributed by atoms with Crippen LogP contribution in [0.1, 0.15) is 44.6 Å². The lowest BCUT2D eigenvalue weighted by Crippen LogP contribution is -2.46. The zero-order valence-electron chi connectivity index (χ0n) is 22.0. The Labute approximate surface area is 218 Å². The summed E-state index contributed by atoms with van der Waals surface area (Å²) < 4.78 is 27.3. The standard InChI is InChI=1S/C22H33F2N5.C7H5N/c1-16-4-6-17(7-5-16)29(9-3-8-28-12-10-27(2)11-13-28)22-25-20-14-18(23)19(24)15-21(20)26-22;8-6-7-4-2-1-3-5-7/h14-17H,3-13H2,1-2H3,(H,25,26);1-5H. The summed E-state index contributed by atoms with van der Waals surface area (Å²) in [6.45, 7) is 8.82. The number of rotatable bonds is 6. The first kappa shape index (κ1) is 27.0. The van der Waals surface area contributed by atoms with Crippen molar-refractivity contribution in [2.45, 2.75) is 45.1 Å². The highest BCUT2D eigenvalue weighted by Crippen LogP contribution is 2.30. The smallest absolute Gasteiger partial charge is 0.204 e. The van der Waals surface area contributed by atoms with Gasteiger partial charge in [-0.1, -0.05) is 25.1 Å². The van der Waals surface area contributed by atoms with Gasteiger partial charge in [-0.15, -0.1) is 0 Å². The fraction of sp³-hybridized carbons (Fsp3) is 0.517. The first-order chi connectivity index (χ1) is 17.9. The third-order valence-electron chi connectivity index (χ3n) is 7.58. The van der Waals surface area contributed by atoms with Crippen LogP contribution in [-0.4, -0.2) is 72.1 Å². The number of aromatic amines is 1. The normalized spacial score (nSPS) is 20.7. The van der Waals surface area contributed by atoms with E-state index in [4.69, 9.17) is 5.26 Å². The fourth-order valence-corrected chi connectivity index (χ4v) is 5.19. The molecule has 5 rings (SSSR count). The maximum Gasteiger partial charge on any atom is 0.204 e. The fourth-order valence-electron chi connectivity index (χ4n) is 5.19. The summed E-state index contributed by atoms with van der Waals surface area (Å²) in [4.78, 5) is 15.1. The van der Waals surface area contributed by atoms with Crippen molar-refractivity contribution in [1.29, 1.82) is 5.26 Å². The van der Waals surface area contributed by atoms with E-state index in [-0.39, 0.29) is 0 Å². The molecule has 1 saturated carbocycles. The van der Waals surface area contributed by atoms with Gasteiger partial charge in [0.05, 0.1) is 22.7 Å². The van der Waals surface area contributed by atoms with Crippen molar-refractivity contribution >= 4 is 17.0 Å². The third kappa shape index (κ3) is 7.50. The number of anilines is 1. The zero-order valence-corrected chi connectivity index (χ0v) is 22.0. The Morgan fingerprint density at radius 1 is 1.03 bits per heavy atom. The predicted octanol–water partition coefficient (Wildman–Crippen LogP) is 5.42. The second kappa shape index (κ2) is 13.0. The molecule has 0 radical (unpaired) electrons. The minimum absolute atomic E-state index is 0.439. The Bertz CT molecular complexity index is 1120. The largest absolute Gasteiger partial charge is 0.339 e. The molecule has 2 heterocycles. The van der Waals surface area contributed by atoms with Crippen molar-refractivity contribution in [3.05, 3.63) is 59.7 Å². The number of halogens is 2. The van der Waals surface area contributed by atoms with Gasteiger partial charge in [-0.25, -0.2) is 13.8 Å². The summed E-state index contributed by atoms with van der Waals surface area (Å²) in [5.74, 6) is -0.148. The van der Waals surface area contributed by atoms with E-state index in [1.807, 2.05) is 24.3 Å². The highest BCUT2D eigenvalue weighted by Gasteiger charge is 2.26. The number of imidazole rings is 1. The van der Waals surface area contributed by atoms with Crippen molar-refractivity contribution < 1.29 is 8.78 Å². The molecule has 37 heavy (non-hydrogen) atoms. The van der Waals surface area contributed by atoms with E-state index in [0.717, 1.165) is 70.4 Å². The molecule has 1 aliphatic carbocycles. The number of piperazine rings is 1. The van der Waals surface area contributed by atoms with E-state index in [0.29, 0.717) is 22.6 Å². The number of fused-ring (bicyclic) bond motifs is 1. The summed E-state index contributed by atoms with van der Waals surface area (Å²) in [5, 5.41) is 8.29. The first-order valence-corrected chi connectivity index (χ1v) is 13.4. The molecule has 0 amide bonds. The van der Waals surface area contributed by atoms with Crippen molar-refractivity contribution in [2.24, 2.45) is 5.92 Å². The second-order valence-corrected chi connectivity index (χ2v) is 10.4. The summed E-state index contributed by atoms with van der Waals surface area (Å²) in [6, 6.07) is 14.0. The molecule has 1 saturated heterocycles. The van der Waals surface area contributed by atoms with Gasteiger partial charge < -0.3 is 19.7 Å².